The first-order valence-electron chi connectivity index (χ1n) is 10.7. The van der Waals surface area contributed by atoms with E-state index in [9.17, 15) is 26.4 Å². The summed E-state index contributed by atoms with van der Waals surface area (Å²) in [6.45, 7) is 2.89. The molecule has 0 spiro atoms. The number of benzene rings is 2. The fraction of sp³-hybridized carbons (Fsp3) is 0.115. The van der Waals surface area contributed by atoms with Crippen LogP contribution in [0.3, 0.4) is 0 Å². The van der Waals surface area contributed by atoms with Crippen LogP contribution in [0.2, 0.25) is 0 Å². The van der Waals surface area contributed by atoms with Gasteiger partial charge < -0.3 is 0 Å². The van der Waals surface area contributed by atoms with Crippen molar-refractivity contribution in [1.82, 2.24) is 14.7 Å². The Morgan fingerprint density at radius 3 is 2.11 bits per heavy atom. The molecule has 184 valence electrons. The molecule has 0 radical (unpaired) electrons. The Morgan fingerprint density at radius 1 is 0.778 bits per heavy atom. The summed E-state index contributed by atoms with van der Waals surface area (Å²) in [6, 6.07) is 19.6. The van der Waals surface area contributed by atoms with Crippen molar-refractivity contribution in [3.63, 3.8) is 0 Å². The minimum Gasteiger partial charge on any atom is -0.274 e. The van der Waals surface area contributed by atoms with E-state index < -0.39 is 27.7 Å². The van der Waals surface area contributed by atoms with Gasteiger partial charge in [-0.05, 0) is 66.6 Å². The minimum absolute atomic E-state index is 0.0827. The van der Waals surface area contributed by atoms with E-state index in [1.54, 1.807) is 49.4 Å². The summed E-state index contributed by atoms with van der Waals surface area (Å²) in [4.78, 5) is 20.3. The Balaban J connectivity index is 1.71. The van der Waals surface area contributed by atoms with Gasteiger partial charge in [0.15, 0.2) is 0 Å². The first-order chi connectivity index (χ1) is 16.9. The highest BCUT2D eigenvalue weighted by atomic mass is 32.2. The van der Waals surface area contributed by atoms with Gasteiger partial charge in [-0.25, -0.2) is 18.1 Å². The number of nitrogens with zero attached hydrogens (tertiary/aromatic N) is 2. The van der Waals surface area contributed by atoms with Crippen LogP contribution in [0, 0.1) is 6.92 Å². The zero-order valence-corrected chi connectivity index (χ0v) is 20.0. The van der Waals surface area contributed by atoms with Crippen molar-refractivity contribution in [3.05, 3.63) is 90.1 Å². The molecule has 0 unspecified atom stereocenters. The summed E-state index contributed by atoms with van der Waals surface area (Å²) < 4.78 is 65.5. The molecule has 0 fully saturated rings. The Bertz CT molecular complexity index is 1550. The molecular weight excluding hydrogens is 491 g/mol. The molecule has 0 aliphatic heterocycles. The third kappa shape index (κ3) is 5.60. The van der Waals surface area contributed by atoms with Crippen LogP contribution in [0.25, 0.3) is 33.8 Å². The number of amides is 1. The van der Waals surface area contributed by atoms with Crippen molar-refractivity contribution in [3.8, 4) is 33.8 Å². The molecule has 4 aromatic rings. The van der Waals surface area contributed by atoms with Gasteiger partial charge in [0.25, 0.3) is 10.0 Å². The van der Waals surface area contributed by atoms with Gasteiger partial charge in [-0.1, -0.05) is 30.3 Å². The van der Waals surface area contributed by atoms with Crippen molar-refractivity contribution in [2.75, 3.05) is 0 Å². The summed E-state index contributed by atoms with van der Waals surface area (Å²) in [5.74, 6) is -0.699. The number of hydrogen-bond acceptors (Lipinski definition) is 5. The highest BCUT2D eigenvalue weighted by molar-refractivity contribution is 7.90. The van der Waals surface area contributed by atoms with Gasteiger partial charge in [0.05, 0.1) is 27.5 Å². The quantitative estimate of drug-likeness (QED) is 0.375. The number of rotatable bonds is 5. The van der Waals surface area contributed by atoms with Gasteiger partial charge in [-0.2, -0.15) is 13.2 Å². The molecule has 0 saturated heterocycles. The van der Waals surface area contributed by atoms with E-state index in [4.69, 9.17) is 0 Å². The monoisotopic (exact) mass is 511 g/mol. The molecule has 36 heavy (non-hydrogen) atoms. The topological polar surface area (TPSA) is 89.0 Å². The number of aromatic nitrogens is 2. The first kappa shape index (κ1) is 25.1. The molecule has 2 aromatic carbocycles. The second kappa shape index (κ2) is 9.54. The van der Waals surface area contributed by atoms with Gasteiger partial charge >= 0.3 is 6.18 Å². The Hall–Kier alpha value is -4.05. The molecular formula is C26H20F3N3O3S. The number of hydrogen-bond donors (Lipinski definition) is 1. The average molecular weight is 512 g/mol. The third-order valence-corrected chi connectivity index (χ3v) is 6.66. The van der Waals surface area contributed by atoms with E-state index in [1.807, 2.05) is 4.72 Å². The summed E-state index contributed by atoms with van der Waals surface area (Å²) in [5.41, 5.74) is 3.20. The van der Waals surface area contributed by atoms with Crippen LogP contribution in [-0.2, 0) is 21.0 Å². The average Bonchev–Trinajstić information content (AvgIpc) is 2.83. The number of halogens is 3. The van der Waals surface area contributed by atoms with Crippen LogP contribution in [0.5, 0.6) is 0 Å². The highest BCUT2D eigenvalue weighted by Crippen LogP contribution is 2.32. The first-order valence-corrected chi connectivity index (χ1v) is 12.2. The lowest BCUT2D eigenvalue weighted by atomic mass is 10.0. The lowest BCUT2D eigenvalue weighted by molar-refractivity contribution is -0.137. The van der Waals surface area contributed by atoms with Crippen molar-refractivity contribution >= 4 is 15.9 Å². The van der Waals surface area contributed by atoms with Crippen LogP contribution in [0.4, 0.5) is 13.2 Å². The molecule has 0 bridgehead atoms. The van der Waals surface area contributed by atoms with Gasteiger partial charge in [-0.3, -0.25) is 9.78 Å². The minimum atomic E-state index is -4.42. The zero-order valence-electron chi connectivity index (χ0n) is 19.2. The lowest BCUT2D eigenvalue weighted by Gasteiger charge is -2.11. The normalized spacial score (nSPS) is 11.8. The molecule has 0 saturated carbocycles. The third-order valence-electron chi connectivity index (χ3n) is 5.23. The molecule has 0 aliphatic rings. The molecule has 0 aliphatic carbocycles. The molecule has 1 N–H and O–H groups in total. The van der Waals surface area contributed by atoms with Crippen molar-refractivity contribution in [2.45, 2.75) is 24.9 Å². The number of aryl methyl sites for hydroxylation is 1. The maximum atomic E-state index is 12.9. The molecule has 6 nitrogen and oxygen atoms in total. The van der Waals surface area contributed by atoms with E-state index in [2.05, 4.69) is 9.97 Å². The smallest absolute Gasteiger partial charge is 0.274 e. The predicted octanol–water partition coefficient (Wildman–Crippen LogP) is 5.63. The number of pyridine rings is 2. The number of carbonyl (C=O) groups is 1. The maximum absolute atomic E-state index is 12.9. The summed E-state index contributed by atoms with van der Waals surface area (Å²) in [7, 11) is -4.02. The van der Waals surface area contributed by atoms with E-state index in [1.165, 1.54) is 24.3 Å². The van der Waals surface area contributed by atoms with Gasteiger partial charge in [0, 0.05) is 18.2 Å². The Kier molecular flexibility index (Phi) is 6.64. The Morgan fingerprint density at radius 2 is 1.44 bits per heavy atom. The van der Waals surface area contributed by atoms with Gasteiger partial charge in [0.1, 0.15) is 0 Å². The number of carbonyl (C=O) groups excluding carboxylic acids is 1. The summed E-state index contributed by atoms with van der Waals surface area (Å²) >= 11 is 0. The van der Waals surface area contributed by atoms with Crippen LogP contribution < -0.4 is 4.72 Å². The second-order valence-corrected chi connectivity index (χ2v) is 9.74. The van der Waals surface area contributed by atoms with Crippen LogP contribution in [0.1, 0.15) is 18.2 Å². The molecule has 0 atom stereocenters. The van der Waals surface area contributed by atoms with Crippen molar-refractivity contribution in [1.29, 1.82) is 0 Å². The van der Waals surface area contributed by atoms with Crippen LogP contribution in [-0.4, -0.2) is 24.3 Å². The largest absolute Gasteiger partial charge is 0.416 e. The molecule has 1 amide bonds. The number of alkyl halides is 3. The zero-order chi connectivity index (χ0) is 26.1. The standard InChI is InChI=1S/C26H20F3N3O3S/c1-16-13-20(18-9-11-21(12-10-18)26(27,28)29)15-25(30-16)24-8-4-7-23(31-24)19-5-3-6-22(14-19)36(34,35)32-17(2)33/h3-15H,1-2H3,(H,32,33). The van der Waals surface area contributed by atoms with Crippen molar-refractivity contribution in [2.24, 2.45) is 0 Å². The Labute approximate surface area is 205 Å². The molecule has 2 heterocycles. The van der Waals surface area contributed by atoms with E-state index >= 15 is 0 Å². The molecule has 4 rings (SSSR count). The summed E-state index contributed by atoms with van der Waals surface area (Å²) in [6.07, 6.45) is -4.42. The lowest BCUT2D eigenvalue weighted by Crippen LogP contribution is -2.28. The van der Waals surface area contributed by atoms with Gasteiger partial charge in [0.2, 0.25) is 5.91 Å². The summed E-state index contributed by atoms with van der Waals surface area (Å²) in [5, 5.41) is 0. The SMILES string of the molecule is CC(=O)NS(=O)(=O)c1cccc(-c2cccc(-c3cc(-c4ccc(C(F)(F)F)cc4)cc(C)n3)n2)c1. The second-order valence-electron chi connectivity index (χ2n) is 8.06. The molecule has 10 heteroatoms. The van der Waals surface area contributed by atoms with E-state index in [0.29, 0.717) is 39.5 Å². The number of nitrogens with one attached hydrogen (secondary N) is 1. The predicted molar refractivity (Wildman–Crippen MR) is 129 cm³/mol. The fourth-order valence-corrected chi connectivity index (χ4v) is 4.66. The van der Waals surface area contributed by atoms with Crippen molar-refractivity contribution < 1.29 is 26.4 Å². The number of sulfonamides is 1. The molecule has 2 aromatic heterocycles. The van der Waals surface area contributed by atoms with E-state index in [-0.39, 0.29) is 4.90 Å². The van der Waals surface area contributed by atoms with Gasteiger partial charge in [-0.15, -0.1) is 0 Å². The highest BCUT2D eigenvalue weighted by Gasteiger charge is 2.30. The maximum Gasteiger partial charge on any atom is 0.416 e. The van der Waals surface area contributed by atoms with Crippen LogP contribution in [0.15, 0.2) is 83.8 Å². The van der Waals surface area contributed by atoms with E-state index in [0.717, 1.165) is 19.1 Å². The fourth-order valence-electron chi connectivity index (χ4n) is 3.63. The van der Waals surface area contributed by atoms with Crippen LogP contribution >= 0.6 is 0 Å².